The van der Waals surface area contributed by atoms with E-state index >= 15 is 0 Å². The third kappa shape index (κ3) is 5.66. The third-order valence-corrected chi connectivity index (χ3v) is 6.01. The van der Waals surface area contributed by atoms with Crippen LogP contribution in [0.15, 0.2) is 67.1 Å². The number of Topliss-reactive ketones (excluding diaryl/α,β-unsaturated/α-hetero) is 1. The van der Waals surface area contributed by atoms with Crippen LogP contribution < -0.4 is 14.8 Å². The predicted molar refractivity (Wildman–Crippen MR) is 133 cm³/mol. The van der Waals surface area contributed by atoms with E-state index in [2.05, 4.69) is 15.3 Å². The first-order chi connectivity index (χ1) is 17.6. The van der Waals surface area contributed by atoms with Crippen molar-refractivity contribution in [3.8, 4) is 17.2 Å². The van der Waals surface area contributed by atoms with Crippen molar-refractivity contribution in [2.45, 2.75) is 32.3 Å². The minimum absolute atomic E-state index is 0.0577. The molecule has 0 bridgehead atoms. The van der Waals surface area contributed by atoms with Gasteiger partial charge in [0.05, 0.1) is 11.2 Å². The number of nitrogens with zero attached hydrogens (tertiary/aromatic N) is 2. The van der Waals surface area contributed by atoms with Gasteiger partial charge in [0.15, 0.2) is 0 Å². The molecule has 2 aromatic heterocycles. The summed E-state index contributed by atoms with van der Waals surface area (Å²) in [5.74, 6) is 1.23. The molecule has 2 aromatic carbocycles. The maximum Gasteiger partial charge on any atom is 0.211 e. The lowest BCUT2D eigenvalue weighted by Gasteiger charge is -2.14. The minimum Gasteiger partial charge on any atom is -0.487 e. The zero-order valence-electron chi connectivity index (χ0n) is 19.4. The number of nitrogens with one attached hydrogen (secondary N) is 1. The van der Waals surface area contributed by atoms with Gasteiger partial charge in [0.25, 0.3) is 0 Å². The van der Waals surface area contributed by atoms with E-state index in [0.29, 0.717) is 58.2 Å². The third-order valence-electron chi connectivity index (χ3n) is 6.01. The number of benzene rings is 2. The zero-order chi connectivity index (χ0) is 24.9. The summed E-state index contributed by atoms with van der Waals surface area (Å²) in [5, 5.41) is 3.27. The van der Waals surface area contributed by atoms with E-state index in [4.69, 9.17) is 9.47 Å². The van der Waals surface area contributed by atoms with Crippen LogP contribution in [-0.2, 0) is 22.6 Å². The Morgan fingerprint density at radius 2 is 1.89 bits per heavy atom. The van der Waals surface area contributed by atoms with Gasteiger partial charge < -0.3 is 14.8 Å². The van der Waals surface area contributed by atoms with Gasteiger partial charge in [0.2, 0.25) is 6.41 Å². The molecule has 4 aromatic rings. The Labute approximate surface area is 207 Å². The summed E-state index contributed by atoms with van der Waals surface area (Å²) in [6.45, 7) is 0.284. The van der Waals surface area contributed by atoms with Gasteiger partial charge in [-0.1, -0.05) is 6.07 Å². The van der Waals surface area contributed by atoms with Gasteiger partial charge in [-0.3, -0.25) is 19.6 Å². The second-order valence-corrected chi connectivity index (χ2v) is 8.80. The lowest BCUT2D eigenvalue weighted by atomic mass is 10.0. The smallest absolute Gasteiger partial charge is 0.211 e. The molecule has 182 valence electrons. The normalized spacial score (nSPS) is 12.8. The van der Waals surface area contributed by atoms with Gasteiger partial charge in [-0.25, -0.2) is 4.39 Å². The molecule has 2 heterocycles. The molecule has 0 spiro atoms. The number of pyridine rings is 2. The summed E-state index contributed by atoms with van der Waals surface area (Å²) in [6, 6.07) is 13.3. The van der Waals surface area contributed by atoms with Crippen molar-refractivity contribution in [3.63, 3.8) is 0 Å². The fraction of sp³-hybridized carbons (Fsp3) is 0.214. The molecule has 8 heteroatoms. The number of hydrogen-bond donors (Lipinski definition) is 1. The maximum atomic E-state index is 14.7. The number of aromatic nitrogens is 2. The SMILES string of the molecule is O=CNc1cc2c(Oc3ccc(CC(=O)CC4CC4)c(F)c3)ccnc2cc1OCc1ccncc1. The first-order valence-corrected chi connectivity index (χ1v) is 11.7. The molecule has 1 amide bonds. The highest BCUT2D eigenvalue weighted by atomic mass is 19.1. The fourth-order valence-corrected chi connectivity index (χ4v) is 3.96. The van der Waals surface area contributed by atoms with E-state index < -0.39 is 5.82 Å². The second-order valence-electron chi connectivity index (χ2n) is 8.80. The van der Waals surface area contributed by atoms with E-state index in [1.165, 1.54) is 6.07 Å². The lowest BCUT2D eigenvalue weighted by Crippen LogP contribution is -2.05. The Morgan fingerprint density at radius 1 is 1.06 bits per heavy atom. The average Bonchev–Trinajstić information content (AvgIpc) is 3.69. The van der Waals surface area contributed by atoms with Crippen LogP contribution in [0, 0.1) is 11.7 Å². The molecular weight excluding hydrogens is 461 g/mol. The van der Waals surface area contributed by atoms with Crippen LogP contribution >= 0.6 is 0 Å². The highest BCUT2D eigenvalue weighted by Crippen LogP contribution is 2.37. The van der Waals surface area contributed by atoms with Crippen molar-refractivity contribution in [1.29, 1.82) is 0 Å². The molecule has 0 saturated heterocycles. The van der Waals surface area contributed by atoms with Gasteiger partial charge >= 0.3 is 0 Å². The molecule has 1 N–H and O–H groups in total. The predicted octanol–water partition coefficient (Wildman–Crippen LogP) is 5.62. The van der Waals surface area contributed by atoms with Crippen molar-refractivity contribution in [3.05, 3.63) is 84.1 Å². The molecule has 0 atom stereocenters. The van der Waals surface area contributed by atoms with Crippen molar-refractivity contribution < 1.29 is 23.5 Å². The van der Waals surface area contributed by atoms with Gasteiger partial charge in [0, 0.05) is 49.0 Å². The number of rotatable bonds is 11. The number of ether oxygens (including phenoxy) is 2. The van der Waals surface area contributed by atoms with E-state index in [0.717, 1.165) is 18.4 Å². The minimum atomic E-state index is -0.481. The molecule has 1 aliphatic carbocycles. The molecule has 5 rings (SSSR count). The van der Waals surface area contributed by atoms with Crippen LogP contribution in [-0.4, -0.2) is 22.2 Å². The maximum absolute atomic E-state index is 14.7. The Hall–Kier alpha value is -4.33. The van der Waals surface area contributed by atoms with E-state index in [1.807, 2.05) is 12.1 Å². The number of anilines is 1. The summed E-state index contributed by atoms with van der Waals surface area (Å²) in [5.41, 5.74) is 2.31. The van der Waals surface area contributed by atoms with Crippen LogP contribution in [0.5, 0.6) is 17.2 Å². The molecule has 36 heavy (non-hydrogen) atoms. The Morgan fingerprint density at radius 3 is 2.64 bits per heavy atom. The van der Waals surface area contributed by atoms with Gasteiger partial charge in [-0.05, 0) is 60.2 Å². The van der Waals surface area contributed by atoms with Crippen molar-refractivity contribution in [2.24, 2.45) is 5.92 Å². The monoisotopic (exact) mass is 485 g/mol. The van der Waals surface area contributed by atoms with Crippen LogP contribution in [0.4, 0.5) is 10.1 Å². The van der Waals surface area contributed by atoms with Gasteiger partial charge in [-0.15, -0.1) is 0 Å². The number of ketones is 1. The Kier molecular flexibility index (Phi) is 6.84. The van der Waals surface area contributed by atoms with Gasteiger partial charge in [0.1, 0.15) is 35.5 Å². The zero-order valence-corrected chi connectivity index (χ0v) is 19.4. The highest BCUT2D eigenvalue weighted by Gasteiger charge is 2.24. The molecule has 1 fully saturated rings. The number of amides is 1. The number of fused-ring (bicyclic) bond motifs is 1. The molecular formula is C28H24FN3O4. The summed E-state index contributed by atoms with van der Waals surface area (Å²) in [4.78, 5) is 31.7. The van der Waals surface area contributed by atoms with Gasteiger partial charge in [-0.2, -0.15) is 0 Å². The van der Waals surface area contributed by atoms with Crippen molar-refractivity contribution >= 4 is 28.8 Å². The fourth-order valence-electron chi connectivity index (χ4n) is 3.96. The molecule has 1 aliphatic rings. The summed E-state index contributed by atoms with van der Waals surface area (Å²) in [6.07, 6.45) is 8.28. The molecule has 0 radical (unpaired) electrons. The number of halogens is 1. The average molecular weight is 486 g/mol. The standard InChI is InChI=1S/C28H24FN3O4/c29-24-13-22(4-3-20(24)12-21(34)11-18-1-2-18)36-27-7-10-31-25-15-28(26(32-17-33)14-23(25)27)35-16-19-5-8-30-9-6-19/h3-10,13-15,17-18H,1-2,11-12,16H2,(H,32,33). The van der Waals surface area contributed by atoms with E-state index in [9.17, 15) is 14.0 Å². The molecule has 0 unspecified atom stereocenters. The number of carbonyl (C=O) groups excluding carboxylic acids is 2. The quantitative estimate of drug-likeness (QED) is 0.277. The van der Waals surface area contributed by atoms with Crippen molar-refractivity contribution in [1.82, 2.24) is 9.97 Å². The van der Waals surface area contributed by atoms with E-state index in [1.54, 1.807) is 48.9 Å². The van der Waals surface area contributed by atoms with E-state index in [-0.39, 0.29) is 18.8 Å². The first-order valence-electron chi connectivity index (χ1n) is 11.7. The number of carbonyl (C=O) groups is 2. The largest absolute Gasteiger partial charge is 0.487 e. The molecule has 1 saturated carbocycles. The summed E-state index contributed by atoms with van der Waals surface area (Å²) >= 11 is 0. The Balaban J connectivity index is 1.37. The number of hydrogen-bond acceptors (Lipinski definition) is 6. The van der Waals surface area contributed by atoms with Crippen molar-refractivity contribution in [2.75, 3.05) is 5.32 Å². The molecule has 7 nitrogen and oxygen atoms in total. The van der Waals surface area contributed by atoms with Crippen LogP contribution in [0.1, 0.15) is 30.4 Å². The first kappa shape index (κ1) is 23.4. The van der Waals surface area contributed by atoms with Crippen LogP contribution in [0.25, 0.3) is 10.9 Å². The molecule has 0 aliphatic heterocycles. The van der Waals surface area contributed by atoms with Crippen LogP contribution in [0.3, 0.4) is 0 Å². The van der Waals surface area contributed by atoms with Crippen LogP contribution in [0.2, 0.25) is 0 Å². The second kappa shape index (κ2) is 10.5. The lowest BCUT2D eigenvalue weighted by molar-refractivity contribution is -0.118. The summed E-state index contributed by atoms with van der Waals surface area (Å²) in [7, 11) is 0. The highest BCUT2D eigenvalue weighted by molar-refractivity contribution is 5.93. The Bertz CT molecular complexity index is 1410. The topological polar surface area (TPSA) is 90.4 Å². The summed E-state index contributed by atoms with van der Waals surface area (Å²) < 4.78 is 26.6.